The van der Waals surface area contributed by atoms with Crippen molar-refractivity contribution in [2.24, 2.45) is 5.18 Å². The summed E-state index contributed by atoms with van der Waals surface area (Å²) in [7, 11) is 0. The fraction of sp³-hybridized carbons (Fsp3) is 0.111. The molecule has 0 radical (unpaired) electrons. The van der Waals surface area contributed by atoms with Crippen LogP contribution in [0.25, 0.3) is 22.0 Å². The van der Waals surface area contributed by atoms with Crippen molar-refractivity contribution in [3.8, 4) is 22.8 Å². The third-order valence-corrected chi connectivity index (χ3v) is 3.65. The number of nitrogens with zero attached hydrogens (tertiary/aromatic N) is 2. The maximum absolute atomic E-state index is 11.8. The summed E-state index contributed by atoms with van der Waals surface area (Å²) in [6, 6.07) is 10.1. The maximum Gasteiger partial charge on any atom is 0.272 e. The van der Waals surface area contributed by atoms with E-state index in [2.05, 4.69) is 15.4 Å². The van der Waals surface area contributed by atoms with Gasteiger partial charge in [0.2, 0.25) is 0 Å². The Morgan fingerprint density at radius 3 is 2.62 bits per heavy atom. The Hall–Kier alpha value is -3.28. The minimum atomic E-state index is -0.276. The number of fused-ring (bicyclic) bond motifs is 2. The molecular formula is C18H15N3O3. The van der Waals surface area contributed by atoms with Gasteiger partial charge in [0.05, 0.1) is 10.8 Å². The van der Waals surface area contributed by atoms with E-state index >= 15 is 0 Å². The molecule has 1 aliphatic heterocycles. The molecule has 0 saturated heterocycles. The minimum Gasteiger partial charge on any atom is -0.456 e. The number of benzene rings is 2. The smallest absolute Gasteiger partial charge is 0.272 e. The number of ether oxygens (including phenoxy) is 1. The normalized spacial score (nSPS) is 11.4. The Bertz CT molecular complexity index is 1000. The number of rotatable bonds is 1. The number of H-pyrrole nitrogens is 1. The van der Waals surface area contributed by atoms with Crippen molar-refractivity contribution < 1.29 is 4.74 Å². The van der Waals surface area contributed by atoms with Crippen LogP contribution >= 0.6 is 0 Å². The molecular weight excluding hydrogens is 306 g/mol. The number of hydrogen-bond acceptors (Lipinski definition) is 5. The van der Waals surface area contributed by atoms with Crippen molar-refractivity contribution in [3.05, 3.63) is 63.8 Å². The number of allylic oxidation sites excluding steroid dienone is 2. The zero-order chi connectivity index (χ0) is 17.1. The lowest BCUT2D eigenvalue weighted by molar-refractivity contribution is 0.486. The number of aromatic amines is 1. The van der Waals surface area contributed by atoms with E-state index in [9.17, 15) is 9.70 Å². The number of hydrogen-bond donors (Lipinski definition) is 1. The molecule has 4 rings (SSSR count). The highest BCUT2D eigenvalue weighted by Crippen LogP contribution is 2.45. The summed E-state index contributed by atoms with van der Waals surface area (Å²) < 4.78 is 5.77. The molecule has 3 aromatic rings. The SMILES string of the molecule is C/C=C\C.O=Nc1ccc2c(c1)-c1n[nH]c(=O)c3cccc(c13)O2. The Labute approximate surface area is 137 Å². The van der Waals surface area contributed by atoms with Crippen molar-refractivity contribution in [2.75, 3.05) is 0 Å². The van der Waals surface area contributed by atoms with Gasteiger partial charge in [0, 0.05) is 5.56 Å². The fourth-order valence-electron chi connectivity index (χ4n) is 2.43. The van der Waals surface area contributed by atoms with Crippen molar-refractivity contribution >= 4 is 16.5 Å². The number of nitroso groups, excluding NO2 is 1. The first-order chi connectivity index (χ1) is 11.7. The summed E-state index contributed by atoms with van der Waals surface area (Å²) in [4.78, 5) is 22.5. The molecule has 1 aliphatic rings. The first-order valence-corrected chi connectivity index (χ1v) is 7.44. The molecule has 0 bridgehead atoms. The quantitative estimate of drug-likeness (QED) is 0.407. The third kappa shape index (κ3) is 2.58. The van der Waals surface area contributed by atoms with Gasteiger partial charge in [-0.15, -0.1) is 4.91 Å². The van der Waals surface area contributed by atoms with Crippen LogP contribution in [0.15, 0.2) is 58.5 Å². The molecule has 0 atom stereocenters. The van der Waals surface area contributed by atoms with Crippen LogP contribution in [0.5, 0.6) is 11.5 Å². The standard InChI is InChI=1S/C14H7N3O3.C4H8/c18-14-8-2-1-3-11-12(8)13(15-16-14)9-6-7(17-19)4-5-10(9)20-11;1-3-4-2/h1-6H,(H,16,18);3-4H,1-2H3/b;4-3-. The maximum atomic E-state index is 11.8. The lowest BCUT2D eigenvalue weighted by atomic mass is 10.0. The number of nitrogens with one attached hydrogen (secondary N) is 1. The predicted octanol–water partition coefficient (Wildman–Crippen LogP) is 4.68. The van der Waals surface area contributed by atoms with Gasteiger partial charge >= 0.3 is 0 Å². The van der Waals surface area contributed by atoms with E-state index in [4.69, 9.17) is 4.74 Å². The summed E-state index contributed by atoms with van der Waals surface area (Å²) in [5.41, 5.74) is 1.24. The zero-order valence-electron chi connectivity index (χ0n) is 13.2. The Balaban J connectivity index is 0.000000383. The Morgan fingerprint density at radius 2 is 1.92 bits per heavy atom. The third-order valence-electron chi connectivity index (χ3n) is 3.65. The molecule has 24 heavy (non-hydrogen) atoms. The lowest BCUT2D eigenvalue weighted by Gasteiger charge is -2.19. The van der Waals surface area contributed by atoms with E-state index in [0.717, 1.165) is 0 Å². The van der Waals surface area contributed by atoms with E-state index in [0.29, 0.717) is 33.5 Å². The van der Waals surface area contributed by atoms with E-state index in [1.54, 1.807) is 36.4 Å². The largest absolute Gasteiger partial charge is 0.456 e. The van der Waals surface area contributed by atoms with Crippen LogP contribution in [0, 0.1) is 4.91 Å². The second-order valence-corrected chi connectivity index (χ2v) is 5.12. The highest BCUT2D eigenvalue weighted by atomic mass is 16.5. The molecule has 0 amide bonds. The molecule has 0 saturated carbocycles. The first-order valence-electron chi connectivity index (χ1n) is 7.44. The van der Waals surface area contributed by atoms with Crippen LogP contribution in [0.3, 0.4) is 0 Å². The van der Waals surface area contributed by atoms with E-state index in [1.807, 2.05) is 26.0 Å². The number of aromatic nitrogens is 2. The monoisotopic (exact) mass is 321 g/mol. The summed E-state index contributed by atoms with van der Waals surface area (Å²) >= 11 is 0. The summed E-state index contributed by atoms with van der Waals surface area (Å²) in [5, 5.41) is 10.6. The highest BCUT2D eigenvalue weighted by molar-refractivity contribution is 6.01. The second-order valence-electron chi connectivity index (χ2n) is 5.12. The molecule has 2 heterocycles. The average molecular weight is 321 g/mol. The summed E-state index contributed by atoms with van der Waals surface area (Å²) in [5.74, 6) is 1.16. The molecule has 120 valence electrons. The van der Waals surface area contributed by atoms with Gasteiger partial charge in [-0.25, -0.2) is 5.10 Å². The molecule has 0 aliphatic carbocycles. The van der Waals surface area contributed by atoms with E-state index in [-0.39, 0.29) is 11.2 Å². The molecule has 6 heteroatoms. The van der Waals surface area contributed by atoms with Gasteiger partial charge in [0.1, 0.15) is 22.9 Å². The lowest BCUT2D eigenvalue weighted by Crippen LogP contribution is -2.11. The van der Waals surface area contributed by atoms with Gasteiger partial charge in [-0.2, -0.15) is 5.10 Å². The van der Waals surface area contributed by atoms with Gasteiger partial charge in [0.15, 0.2) is 0 Å². The highest BCUT2D eigenvalue weighted by Gasteiger charge is 2.22. The summed E-state index contributed by atoms with van der Waals surface area (Å²) in [6.45, 7) is 4.00. The van der Waals surface area contributed by atoms with Crippen molar-refractivity contribution in [3.63, 3.8) is 0 Å². The molecule has 0 unspecified atom stereocenters. The first kappa shape index (κ1) is 15.6. The predicted molar refractivity (Wildman–Crippen MR) is 93.8 cm³/mol. The molecule has 1 N–H and O–H groups in total. The van der Waals surface area contributed by atoms with Crippen molar-refractivity contribution in [1.29, 1.82) is 0 Å². The van der Waals surface area contributed by atoms with Gasteiger partial charge in [-0.3, -0.25) is 4.79 Å². The van der Waals surface area contributed by atoms with Crippen molar-refractivity contribution in [1.82, 2.24) is 10.2 Å². The molecule has 1 aromatic heterocycles. The van der Waals surface area contributed by atoms with Crippen LogP contribution in [0.4, 0.5) is 5.69 Å². The zero-order valence-corrected chi connectivity index (χ0v) is 13.2. The van der Waals surface area contributed by atoms with Crippen LogP contribution < -0.4 is 10.3 Å². The average Bonchev–Trinajstić information content (AvgIpc) is 2.64. The van der Waals surface area contributed by atoms with Gasteiger partial charge < -0.3 is 4.74 Å². The van der Waals surface area contributed by atoms with E-state index in [1.165, 1.54) is 0 Å². The molecule has 6 nitrogen and oxygen atoms in total. The minimum absolute atomic E-state index is 0.276. The Kier molecular flexibility index (Phi) is 4.20. The molecule has 2 aromatic carbocycles. The van der Waals surface area contributed by atoms with Crippen LogP contribution in [0.1, 0.15) is 13.8 Å². The van der Waals surface area contributed by atoms with Crippen LogP contribution in [0.2, 0.25) is 0 Å². The summed E-state index contributed by atoms with van der Waals surface area (Å²) in [6.07, 6.45) is 4.00. The van der Waals surface area contributed by atoms with Crippen molar-refractivity contribution in [2.45, 2.75) is 13.8 Å². The second kappa shape index (κ2) is 6.45. The van der Waals surface area contributed by atoms with Crippen LogP contribution in [-0.4, -0.2) is 10.2 Å². The van der Waals surface area contributed by atoms with Gasteiger partial charge in [-0.1, -0.05) is 18.2 Å². The van der Waals surface area contributed by atoms with Gasteiger partial charge in [-0.05, 0) is 49.4 Å². The molecule has 0 spiro atoms. The Morgan fingerprint density at radius 1 is 1.12 bits per heavy atom. The molecule has 0 fully saturated rings. The van der Waals surface area contributed by atoms with Crippen LogP contribution in [-0.2, 0) is 0 Å². The van der Waals surface area contributed by atoms with Gasteiger partial charge in [0.25, 0.3) is 5.56 Å². The fourth-order valence-corrected chi connectivity index (χ4v) is 2.43. The van der Waals surface area contributed by atoms with E-state index < -0.39 is 0 Å². The topological polar surface area (TPSA) is 84.4 Å².